The summed E-state index contributed by atoms with van der Waals surface area (Å²) in [6.45, 7) is 0. The van der Waals surface area contributed by atoms with Crippen LogP contribution < -0.4 is 21.0 Å². The Morgan fingerprint density at radius 2 is 1.09 bits per heavy atom. The average Bonchev–Trinajstić information content (AvgIpc) is 3.35. The van der Waals surface area contributed by atoms with Crippen molar-refractivity contribution in [3.8, 4) is 0 Å². The van der Waals surface area contributed by atoms with Gasteiger partial charge < -0.3 is 4.57 Å². The second kappa shape index (κ2) is 10.4. The van der Waals surface area contributed by atoms with Gasteiger partial charge in [-0.25, -0.2) is 5.43 Å². The number of para-hydroxylation sites is 2. The number of nitrogens with one attached hydrogen (secondary N) is 1. The van der Waals surface area contributed by atoms with Crippen molar-refractivity contribution in [3.05, 3.63) is 121 Å². The van der Waals surface area contributed by atoms with Crippen molar-refractivity contribution < 1.29 is 4.57 Å². The molecule has 1 saturated carbocycles. The highest BCUT2D eigenvalue weighted by Crippen LogP contribution is 2.48. The van der Waals surface area contributed by atoms with Crippen molar-refractivity contribution in [2.45, 2.75) is 25.3 Å². The van der Waals surface area contributed by atoms with Crippen LogP contribution in [-0.4, -0.2) is 12.2 Å². The number of hydrazine groups is 1. The van der Waals surface area contributed by atoms with Crippen LogP contribution in [0.3, 0.4) is 0 Å². The number of rotatable bonds is 8. The van der Waals surface area contributed by atoms with Gasteiger partial charge in [0.1, 0.15) is 7.14 Å². The molecule has 4 heteroatoms. The molecule has 0 aliphatic heterocycles. The molecule has 0 aromatic heterocycles. The molecule has 1 fully saturated rings. The lowest BCUT2D eigenvalue weighted by Gasteiger charge is -2.33. The fourth-order valence-corrected chi connectivity index (χ4v) is 8.20. The SMILES string of the molecule is O=P(CC1CCCC1NN(c1ccccc1)c1ccccc1)(c1ccccc1)c1ccccc1. The van der Waals surface area contributed by atoms with Gasteiger partial charge in [0, 0.05) is 22.8 Å². The molecule has 4 aromatic carbocycles. The van der Waals surface area contributed by atoms with Crippen LogP contribution in [0, 0.1) is 5.92 Å². The maximum absolute atomic E-state index is 14.7. The quantitative estimate of drug-likeness (QED) is 0.237. The molecule has 5 rings (SSSR count). The Bertz CT molecular complexity index is 1130. The van der Waals surface area contributed by atoms with Crippen LogP contribution in [0.25, 0.3) is 0 Å². The normalized spacial score (nSPS) is 18.0. The molecule has 2 unspecified atom stereocenters. The molecule has 1 aliphatic carbocycles. The van der Waals surface area contributed by atoms with Crippen LogP contribution in [0.15, 0.2) is 121 Å². The van der Waals surface area contributed by atoms with Gasteiger partial charge in [0.15, 0.2) is 0 Å². The van der Waals surface area contributed by atoms with E-state index in [1.54, 1.807) is 0 Å². The number of hydrogen-bond acceptors (Lipinski definition) is 3. The van der Waals surface area contributed by atoms with Crippen molar-refractivity contribution in [2.75, 3.05) is 11.2 Å². The van der Waals surface area contributed by atoms with Crippen LogP contribution in [0.4, 0.5) is 11.4 Å². The summed E-state index contributed by atoms with van der Waals surface area (Å²) in [5.41, 5.74) is 6.05. The monoisotopic (exact) mass is 466 g/mol. The lowest BCUT2D eigenvalue weighted by atomic mass is 10.1. The largest absolute Gasteiger partial charge is 0.314 e. The Morgan fingerprint density at radius 1 is 0.647 bits per heavy atom. The minimum absolute atomic E-state index is 0.251. The molecule has 172 valence electrons. The molecule has 0 radical (unpaired) electrons. The lowest BCUT2D eigenvalue weighted by Crippen LogP contribution is -2.45. The molecule has 4 aromatic rings. The molecule has 0 amide bonds. The summed E-state index contributed by atoms with van der Waals surface area (Å²) >= 11 is 0. The van der Waals surface area contributed by atoms with E-state index in [1.807, 2.05) is 72.8 Å². The van der Waals surface area contributed by atoms with E-state index in [-0.39, 0.29) is 6.04 Å². The van der Waals surface area contributed by atoms with Gasteiger partial charge in [-0.3, -0.25) is 5.01 Å². The summed E-state index contributed by atoms with van der Waals surface area (Å²) in [7, 11) is -2.76. The molecule has 2 atom stereocenters. The van der Waals surface area contributed by atoms with E-state index in [2.05, 4.69) is 59.0 Å². The highest BCUT2D eigenvalue weighted by molar-refractivity contribution is 7.78. The zero-order chi connectivity index (χ0) is 23.2. The minimum atomic E-state index is -2.76. The topological polar surface area (TPSA) is 32.3 Å². The predicted octanol–water partition coefficient (Wildman–Crippen LogP) is 6.51. The van der Waals surface area contributed by atoms with Crippen molar-refractivity contribution in [2.24, 2.45) is 5.92 Å². The second-order valence-corrected chi connectivity index (χ2v) is 11.9. The third-order valence-electron chi connectivity index (χ3n) is 6.82. The van der Waals surface area contributed by atoms with Crippen LogP contribution >= 0.6 is 7.14 Å². The van der Waals surface area contributed by atoms with Crippen LogP contribution in [0.1, 0.15) is 19.3 Å². The molecule has 0 saturated heterocycles. The molecular formula is C30H31N2OP. The second-order valence-electron chi connectivity index (χ2n) is 9.03. The Morgan fingerprint density at radius 3 is 1.56 bits per heavy atom. The van der Waals surface area contributed by atoms with Crippen molar-refractivity contribution in [1.82, 2.24) is 5.43 Å². The fourth-order valence-electron chi connectivity index (χ4n) is 5.07. The molecule has 0 heterocycles. The van der Waals surface area contributed by atoms with Gasteiger partial charge >= 0.3 is 0 Å². The van der Waals surface area contributed by atoms with E-state index in [1.165, 1.54) is 0 Å². The summed E-state index contributed by atoms with van der Waals surface area (Å²) < 4.78 is 14.7. The molecule has 0 bridgehead atoms. The number of nitrogens with zero attached hydrogens (tertiary/aromatic N) is 1. The molecule has 1 N–H and O–H groups in total. The Kier molecular flexibility index (Phi) is 6.94. The summed E-state index contributed by atoms with van der Waals surface area (Å²) in [5, 5.41) is 4.10. The van der Waals surface area contributed by atoms with Gasteiger partial charge in [-0.1, -0.05) is 103 Å². The zero-order valence-electron chi connectivity index (χ0n) is 19.3. The summed E-state index contributed by atoms with van der Waals surface area (Å²) in [6, 6.07) is 41.3. The standard InChI is InChI=1S/C30H31N2OP/c33-34(28-19-9-3-10-20-28,29-21-11-4-12-22-29)24-25-14-13-23-30(25)31-32(26-15-5-1-6-16-26)27-17-7-2-8-18-27/h1-12,15-22,25,30-31H,13-14,23-24H2. The van der Waals surface area contributed by atoms with Crippen LogP contribution in [0.5, 0.6) is 0 Å². The van der Waals surface area contributed by atoms with Crippen molar-refractivity contribution in [1.29, 1.82) is 0 Å². The minimum Gasteiger partial charge on any atom is -0.314 e. The summed E-state index contributed by atoms with van der Waals surface area (Å²) in [4.78, 5) is 0. The Balaban J connectivity index is 1.45. The van der Waals surface area contributed by atoms with Gasteiger partial charge in [-0.15, -0.1) is 0 Å². The van der Waals surface area contributed by atoms with E-state index in [9.17, 15) is 4.57 Å². The molecule has 1 aliphatic rings. The highest BCUT2D eigenvalue weighted by Gasteiger charge is 2.37. The number of benzene rings is 4. The van der Waals surface area contributed by atoms with E-state index >= 15 is 0 Å². The molecule has 34 heavy (non-hydrogen) atoms. The maximum Gasteiger partial charge on any atom is 0.143 e. The smallest absolute Gasteiger partial charge is 0.143 e. The first-order chi connectivity index (χ1) is 16.7. The highest BCUT2D eigenvalue weighted by atomic mass is 31.2. The van der Waals surface area contributed by atoms with Crippen molar-refractivity contribution in [3.63, 3.8) is 0 Å². The first kappa shape index (κ1) is 22.7. The van der Waals surface area contributed by atoms with Crippen molar-refractivity contribution >= 4 is 29.1 Å². The van der Waals surface area contributed by atoms with Crippen LogP contribution in [-0.2, 0) is 4.57 Å². The maximum atomic E-state index is 14.7. The van der Waals surface area contributed by atoms with Crippen LogP contribution in [0.2, 0.25) is 0 Å². The van der Waals surface area contributed by atoms with E-state index in [0.29, 0.717) is 12.1 Å². The van der Waals surface area contributed by atoms with E-state index in [0.717, 1.165) is 41.2 Å². The first-order valence-corrected chi connectivity index (χ1v) is 14.0. The van der Waals surface area contributed by atoms with Gasteiger partial charge in [-0.05, 0) is 43.0 Å². The molecule has 3 nitrogen and oxygen atoms in total. The third-order valence-corrected chi connectivity index (χ3v) is 10.1. The van der Waals surface area contributed by atoms with Gasteiger partial charge in [0.25, 0.3) is 0 Å². The number of hydrogen-bond donors (Lipinski definition) is 1. The summed E-state index contributed by atoms with van der Waals surface area (Å²) in [6.07, 6.45) is 3.97. The predicted molar refractivity (Wildman–Crippen MR) is 144 cm³/mol. The molecule has 0 spiro atoms. The van der Waals surface area contributed by atoms with Gasteiger partial charge in [0.2, 0.25) is 0 Å². The van der Waals surface area contributed by atoms with E-state index in [4.69, 9.17) is 0 Å². The Hall–Kier alpha value is -3.13. The number of anilines is 2. The molecular weight excluding hydrogens is 435 g/mol. The van der Waals surface area contributed by atoms with Gasteiger partial charge in [-0.2, -0.15) is 0 Å². The fraction of sp³-hybridized carbons (Fsp3) is 0.200. The summed E-state index contributed by atoms with van der Waals surface area (Å²) in [5.74, 6) is 0.321. The first-order valence-electron chi connectivity index (χ1n) is 12.1. The van der Waals surface area contributed by atoms with E-state index < -0.39 is 7.14 Å². The lowest BCUT2D eigenvalue weighted by molar-refractivity contribution is 0.431. The average molecular weight is 467 g/mol. The Labute approximate surface area is 202 Å². The third kappa shape index (κ3) is 4.87. The van der Waals surface area contributed by atoms with Gasteiger partial charge in [0.05, 0.1) is 11.4 Å². The zero-order valence-corrected chi connectivity index (χ0v) is 20.2.